The van der Waals surface area contributed by atoms with E-state index in [0.29, 0.717) is 29.6 Å². The van der Waals surface area contributed by atoms with E-state index in [2.05, 4.69) is 22.0 Å². The Kier molecular flexibility index (Phi) is 7.37. The number of nitrogens with one attached hydrogen (secondary N) is 1. The lowest BCUT2D eigenvalue weighted by Crippen LogP contribution is -2.14. The molecular formula is C20H21N3O3. The second-order valence-corrected chi connectivity index (χ2v) is 5.38. The number of nitrogen functional groups attached to an aromatic ring is 1. The number of H-pyrrole nitrogens is 1. The van der Waals surface area contributed by atoms with Gasteiger partial charge in [-0.2, -0.15) is 5.10 Å². The Labute approximate surface area is 151 Å². The Hall–Kier alpha value is -3.14. The molecule has 0 atom stereocenters. The summed E-state index contributed by atoms with van der Waals surface area (Å²) in [6, 6.07) is 14.6. The van der Waals surface area contributed by atoms with Crippen LogP contribution in [0.5, 0.6) is 0 Å². The van der Waals surface area contributed by atoms with Crippen LogP contribution in [-0.4, -0.2) is 33.6 Å². The summed E-state index contributed by atoms with van der Waals surface area (Å²) in [6.45, 7) is 0.0359. The van der Waals surface area contributed by atoms with Gasteiger partial charge in [-0.15, -0.1) is 0 Å². The lowest BCUT2D eigenvalue weighted by molar-refractivity contribution is 0.297. The number of benzene rings is 2. The van der Waals surface area contributed by atoms with Crippen molar-refractivity contribution in [1.82, 2.24) is 10.2 Å². The number of para-hydroxylation sites is 2. The Morgan fingerprint density at radius 3 is 2.50 bits per heavy atom. The Morgan fingerprint density at radius 1 is 1.04 bits per heavy atom. The molecule has 0 aliphatic carbocycles. The van der Waals surface area contributed by atoms with Gasteiger partial charge in [-0.05, 0) is 24.3 Å². The van der Waals surface area contributed by atoms with Crippen LogP contribution in [0.25, 0.3) is 10.9 Å². The summed E-state index contributed by atoms with van der Waals surface area (Å²) in [4.78, 5) is 11.7. The van der Waals surface area contributed by atoms with Crippen LogP contribution in [0.4, 0.5) is 5.69 Å². The van der Waals surface area contributed by atoms with Crippen LogP contribution in [0.2, 0.25) is 0 Å². The lowest BCUT2D eigenvalue weighted by atomic mass is 10.2. The number of hydrogen-bond donors (Lipinski definition) is 4. The molecule has 0 saturated heterocycles. The van der Waals surface area contributed by atoms with Gasteiger partial charge < -0.3 is 15.9 Å². The van der Waals surface area contributed by atoms with E-state index >= 15 is 0 Å². The topological polar surface area (TPSA) is 112 Å². The summed E-state index contributed by atoms with van der Waals surface area (Å²) in [5.41, 5.74) is 8.14. The van der Waals surface area contributed by atoms with Gasteiger partial charge in [0, 0.05) is 36.1 Å². The molecule has 0 fully saturated rings. The van der Waals surface area contributed by atoms with Gasteiger partial charge in [0.15, 0.2) is 0 Å². The van der Waals surface area contributed by atoms with Crippen LogP contribution < -0.4 is 11.2 Å². The minimum Gasteiger partial charge on any atom is -0.398 e. The SMILES string of the molecule is Nc1ccccc1C#CCCO.O=c1c(CCO)n[nH]c2ccccc12. The highest BCUT2D eigenvalue weighted by Crippen LogP contribution is 2.08. The lowest BCUT2D eigenvalue weighted by Gasteiger charge is -1.99. The van der Waals surface area contributed by atoms with Gasteiger partial charge in [-0.25, -0.2) is 0 Å². The summed E-state index contributed by atoms with van der Waals surface area (Å²) in [5.74, 6) is 5.69. The number of aromatic amines is 1. The molecule has 134 valence electrons. The van der Waals surface area contributed by atoms with E-state index in [4.69, 9.17) is 15.9 Å². The van der Waals surface area contributed by atoms with Gasteiger partial charge in [0.1, 0.15) is 5.69 Å². The quantitative estimate of drug-likeness (QED) is 0.422. The molecule has 2 aromatic carbocycles. The maximum absolute atomic E-state index is 11.7. The third kappa shape index (κ3) is 5.18. The van der Waals surface area contributed by atoms with Crippen molar-refractivity contribution in [3.05, 3.63) is 70.0 Å². The Bertz CT molecular complexity index is 971. The van der Waals surface area contributed by atoms with E-state index in [0.717, 1.165) is 11.1 Å². The van der Waals surface area contributed by atoms with E-state index in [-0.39, 0.29) is 18.6 Å². The minimum atomic E-state index is -0.103. The molecule has 0 aliphatic rings. The predicted octanol–water partition coefficient (Wildman–Crippen LogP) is 1.46. The molecule has 0 radical (unpaired) electrons. The first kappa shape index (κ1) is 19.2. The zero-order valence-electron chi connectivity index (χ0n) is 14.3. The molecule has 3 aromatic rings. The summed E-state index contributed by atoms with van der Waals surface area (Å²) < 4.78 is 0. The van der Waals surface area contributed by atoms with Crippen LogP contribution in [0.3, 0.4) is 0 Å². The first-order chi connectivity index (χ1) is 12.7. The largest absolute Gasteiger partial charge is 0.398 e. The minimum absolute atomic E-state index is 0.0611. The number of aromatic nitrogens is 2. The molecule has 3 rings (SSSR count). The molecule has 6 heteroatoms. The van der Waals surface area contributed by atoms with E-state index in [1.54, 1.807) is 18.2 Å². The van der Waals surface area contributed by atoms with Gasteiger partial charge in [0.05, 0.1) is 12.1 Å². The van der Waals surface area contributed by atoms with Gasteiger partial charge in [0.2, 0.25) is 5.43 Å². The highest BCUT2D eigenvalue weighted by atomic mass is 16.3. The van der Waals surface area contributed by atoms with Crippen molar-refractivity contribution in [3.63, 3.8) is 0 Å². The number of rotatable bonds is 3. The molecule has 0 saturated carbocycles. The van der Waals surface area contributed by atoms with Crippen LogP contribution in [0.1, 0.15) is 17.7 Å². The van der Waals surface area contributed by atoms with E-state index in [1.165, 1.54) is 0 Å². The highest BCUT2D eigenvalue weighted by Gasteiger charge is 2.04. The summed E-state index contributed by atoms with van der Waals surface area (Å²) in [5, 5.41) is 24.5. The predicted molar refractivity (Wildman–Crippen MR) is 103 cm³/mol. The van der Waals surface area contributed by atoms with Gasteiger partial charge in [-0.1, -0.05) is 36.1 Å². The molecule has 0 amide bonds. The summed E-state index contributed by atoms with van der Waals surface area (Å²) in [6.07, 6.45) is 0.786. The second kappa shape index (κ2) is 9.99. The first-order valence-electron chi connectivity index (χ1n) is 8.18. The van der Waals surface area contributed by atoms with E-state index < -0.39 is 0 Å². The zero-order valence-corrected chi connectivity index (χ0v) is 14.3. The molecule has 0 unspecified atom stereocenters. The molecule has 6 nitrogen and oxygen atoms in total. The van der Waals surface area contributed by atoms with Crippen molar-refractivity contribution in [3.8, 4) is 11.8 Å². The first-order valence-corrected chi connectivity index (χ1v) is 8.18. The normalized spacial score (nSPS) is 9.77. The van der Waals surface area contributed by atoms with Crippen molar-refractivity contribution >= 4 is 16.6 Å². The average molecular weight is 351 g/mol. The molecule has 5 N–H and O–H groups in total. The number of nitrogens with zero attached hydrogens (tertiary/aromatic N) is 1. The third-order valence-electron chi connectivity index (χ3n) is 3.51. The van der Waals surface area contributed by atoms with Crippen LogP contribution >= 0.6 is 0 Å². The maximum Gasteiger partial charge on any atom is 0.211 e. The summed E-state index contributed by atoms with van der Waals surface area (Å²) >= 11 is 0. The number of hydrogen-bond acceptors (Lipinski definition) is 5. The molecule has 0 aliphatic heterocycles. The fraction of sp³-hybridized carbons (Fsp3) is 0.200. The smallest absolute Gasteiger partial charge is 0.211 e. The van der Waals surface area contributed by atoms with Crippen molar-refractivity contribution in [2.24, 2.45) is 0 Å². The fourth-order valence-electron chi connectivity index (χ4n) is 2.21. The van der Waals surface area contributed by atoms with Gasteiger partial charge >= 0.3 is 0 Å². The van der Waals surface area contributed by atoms with Crippen LogP contribution in [-0.2, 0) is 6.42 Å². The number of fused-ring (bicyclic) bond motifs is 1. The third-order valence-corrected chi connectivity index (χ3v) is 3.51. The number of aliphatic hydroxyl groups excluding tert-OH is 2. The van der Waals surface area contributed by atoms with Gasteiger partial charge in [0.25, 0.3) is 0 Å². The molecule has 0 bridgehead atoms. The molecule has 1 aromatic heterocycles. The number of nitrogens with two attached hydrogens (primary N) is 1. The van der Waals surface area contributed by atoms with Crippen molar-refractivity contribution in [1.29, 1.82) is 0 Å². The Morgan fingerprint density at radius 2 is 1.77 bits per heavy atom. The van der Waals surface area contributed by atoms with Crippen molar-refractivity contribution < 1.29 is 10.2 Å². The molecule has 26 heavy (non-hydrogen) atoms. The van der Waals surface area contributed by atoms with Crippen LogP contribution in [0, 0.1) is 11.8 Å². The maximum atomic E-state index is 11.7. The zero-order chi connectivity index (χ0) is 18.8. The summed E-state index contributed by atoms with van der Waals surface area (Å²) in [7, 11) is 0. The standard InChI is InChI=1S/C10H10N2O2.C10H11NO/c13-6-5-9-10(14)7-3-1-2-4-8(7)11-12-9;11-10-7-2-1-5-9(10)6-3-4-8-12/h1-4,13H,5-6H2,(H,11,14);1-2,5,7,12H,4,8,11H2. The van der Waals surface area contributed by atoms with E-state index in [9.17, 15) is 4.79 Å². The highest BCUT2D eigenvalue weighted by molar-refractivity contribution is 5.77. The molecule has 1 heterocycles. The Balaban J connectivity index is 0.000000190. The fourth-order valence-corrected chi connectivity index (χ4v) is 2.21. The molecular weight excluding hydrogens is 330 g/mol. The average Bonchev–Trinajstić information content (AvgIpc) is 2.67. The monoisotopic (exact) mass is 351 g/mol. The van der Waals surface area contributed by atoms with Gasteiger partial charge in [-0.3, -0.25) is 9.89 Å². The van der Waals surface area contributed by atoms with Crippen molar-refractivity contribution in [2.75, 3.05) is 18.9 Å². The molecule has 0 spiro atoms. The van der Waals surface area contributed by atoms with Crippen LogP contribution in [0.15, 0.2) is 53.3 Å². The second-order valence-electron chi connectivity index (χ2n) is 5.38. The van der Waals surface area contributed by atoms with Crippen molar-refractivity contribution in [2.45, 2.75) is 12.8 Å². The van der Waals surface area contributed by atoms with E-state index in [1.807, 2.05) is 30.3 Å². The number of aliphatic hydroxyl groups is 2. The number of anilines is 1.